The van der Waals surface area contributed by atoms with Gasteiger partial charge in [-0.05, 0) is 66.0 Å². The van der Waals surface area contributed by atoms with E-state index in [1.165, 1.54) is 6.08 Å². The van der Waals surface area contributed by atoms with E-state index in [9.17, 15) is 19.8 Å². The molecule has 1 fully saturated rings. The van der Waals surface area contributed by atoms with Crippen LogP contribution in [-0.4, -0.2) is 21.8 Å². The van der Waals surface area contributed by atoms with Crippen LogP contribution in [0.1, 0.15) is 24.0 Å². The molecule has 1 unspecified atom stereocenters. The third-order valence-corrected chi connectivity index (χ3v) is 4.25. The normalized spacial score (nSPS) is 19.0. The summed E-state index contributed by atoms with van der Waals surface area (Å²) >= 11 is 0. The number of Topliss-reactive ketones (excluding diaryl/α,β-unsaturated/α-hetero) is 1. The molecule has 126 valence electrons. The van der Waals surface area contributed by atoms with E-state index < -0.39 is 5.92 Å². The largest absolute Gasteiger partial charge is 0.508 e. The molecule has 0 heterocycles. The minimum Gasteiger partial charge on any atom is -0.508 e. The average molecular weight is 334 g/mol. The van der Waals surface area contributed by atoms with Crippen molar-refractivity contribution in [3.8, 4) is 11.5 Å². The number of carbonyl (C=O) groups excluding carboxylic acids is 2. The molecule has 4 heteroatoms. The summed E-state index contributed by atoms with van der Waals surface area (Å²) in [5.74, 6) is -0.622. The fourth-order valence-corrected chi connectivity index (χ4v) is 2.84. The number of hydrogen-bond donors (Lipinski definition) is 2. The maximum Gasteiger partial charge on any atom is 0.169 e. The van der Waals surface area contributed by atoms with Crippen molar-refractivity contribution in [2.24, 2.45) is 5.92 Å². The van der Waals surface area contributed by atoms with Gasteiger partial charge in [0.05, 0.1) is 5.92 Å². The van der Waals surface area contributed by atoms with E-state index in [1.54, 1.807) is 60.7 Å². The standard InChI is InChI=1S/C21H18O4/c22-17-7-1-14(2-8-17)5-12-20(24)19-11-6-16(21(19)25)13-15-3-9-18(23)10-4-15/h1-5,7-10,12-13,19,22-23H,6,11H2. The Hall–Kier alpha value is -3.14. The average Bonchev–Trinajstić information content (AvgIpc) is 2.97. The SMILES string of the molecule is O=C(C=Cc1ccc(O)cc1)C1CCC(=Cc2ccc(O)cc2)C1=O. The van der Waals surface area contributed by atoms with Crippen LogP contribution in [-0.2, 0) is 9.59 Å². The molecule has 4 nitrogen and oxygen atoms in total. The fourth-order valence-electron chi connectivity index (χ4n) is 2.84. The highest BCUT2D eigenvalue weighted by Gasteiger charge is 2.33. The minimum atomic E-state index is -0.628. The molecule has 0 saturated heterocycles. The molecule has 2 aromatic rings. The number of phenolic OH excluding ortho intramolecular Hbond substituents is 2. The molecule has 2 aromatic carbocycles. The number of allylic oxidation sites excluding steroid dienone is 2. The van der Waals surface area contributed by atoms with Crippen molar-refractivity contribution in [1.29, 1.82) is 0 Å². The highest BCUT2D eigenvalue weighted by Crippen LogP contribution is 2.30. The van der Waals surface area contributed by atoms with Gasteiger partial charge in [0.1, 0.15) is 11.5 Å². The zero-order valence-corrected chi connectivity index (χ0v) is 13.6. The molecule has 0 aliphatic heterocycles. The summed E-state index contributed by atoms with van der Waals surface area (Å²) in [5.41, 5.74) is 2.26. The van der Waals surface area contributed by atoms with Crippen molar-refractivity contribution in [2.75, 3.05) is 0 Å². The van der Waals surface area contributed by atoms with Crippen LogP contribution >= 0.6 is 0 Å². The lowest BCUT2D eigenvalue weighted by Gasteiger charge is -2.02. The number of phenols is 2. The summed E-state index contributed by atoms with van der Waals surface area (Å²) in [6.45, 7) is 0. The highest BCUT2D eigenvalue weighted by molar-refractivity contribution is 6.17. The minimum absolute atomic E-state index is 0.131. The van der Waals surface area contributed by atoms with Gasteiger partial charge in [-0.2, -0.15) is 0 Å². The molecular formula is C21H18O4. The zero-order chi connectivity index (χ0) is 17.8. The molecule has 0 bridgehead atoms. The number of aromatic hydroxyl groups is 2. The zero-order valence-electron chi connectivity index (χ0n) is 13.6. The molecule has 0 amide bonds. The Morgan fingerprint density at radius 1 is 0.920 bits per heavy atom. The van der Waals surface area contributed by atoms with E-state index in [0.29, 0.717) is 18.4 Å². The first-order valence-corrected chi connectivity index (χ1v) is 8.08. The summed E-state index contributed by atoms with van der Waals surface area (Å²) in [7, 11) is 0. The van der Waals surface area contributed by atoms with Crippen LogP contribution in [0, 0.1) is 5.92 Å². The van der Waals surface area contributed by atoms with Crippen LogP contribution in [0.5, 0.6) is 11.5 Å². The molecule has 2 N–H and O–H groups in total. The number of hydrogen-bond acceptors (Lipinski definition) is 4. The molecule has 1 aliphatic carbocycles. The summed E-state index contributed by atoms with van der Waals surface area (Å²) in [6, 6.07) is 13.1. The summed E-state index contributed by atoms with van der Waals surface area (Å²) in [5, 5.41) is 18.5. The first-order chi connectivity index (χ1) is 12.0. The van der Waals surface area contributed by atoms with Crippen LogP contribution in [0.15, 0.2) is 60.2 Å². The summed E-state index contributed by atoms with van der Waals surface area (Å²) in [6.07, 6.45) is 5.94. The van der Waals surface area contributed by atoms with E-state index in [4.69, 9.17) is 0 Å². The van der Waals surface area contributed by atoms with Crippen LogP contribution in [0.25, 0.3) is 12.2 Å². The second-order valence-electron chi connectivity index (χ2n) is 6.04. The van der Waals surface area contributed by atoms with Crippen molar-refractivity contribution >= 4 is 23.7 Å². The highest BCUT2D eigenvalue weighted by atomic mass is 16.3. The Morgan fingerprint density at radius 3 is 2.08 bits per heavy atom. The number of benzene rings is 2. The lowest BCUT2D eigenvalue weighted by atomic mass is 9.99. The van der Waals surface area contributed by atoms with Crippen LogP contribution < -0.4 is 0 Å². The Kier molecular flexibility index (Phi) is 4.80. The van der Waals surface area contributed by atoms with E-state index >= 15 is 0 Å². The monoisotopic (exact) mass is 334 g/mol. The Labute approximate surface area is 145 Å². The maximum absolute atomic E-state index is 12.5. The van der Waals surface area contributed by atoms with Gasteiger partial charge in [0.15, 0.2) is 11.6 Å². The molecule has 0 radical (unpaired) electrons. The van der Waals surface area contributed by atoms with Gasteiger partial charge in [-0.15, -0.1) is 0 Å². The van der Waals surface area contributed by atoms with Crippen molar-refractivity contribution in [3.05, 3.63) is 71.3 Å². The van der Waals surface area contributed by atoms with Gasteiger partial charge in [0.25, 0.3) is 0 Å². The molecule has 1 saturated carbocycles. The topological polar surface area (TPSA) is 74.6 Å². The maximum atomic E-state index is 12.5. The quantitative estimate of drug-likeness (QED) is 0.660. The van der Waals surface area contributed by atoms with Crippen molar-refractivity contribution in [2.45, 2.75) is 12.8 Å². The lowest BCUT2D eigenvalue weighted by molar-refractivity contribution is -0.126. The Bertz CT molecular complexity index is 842. The van der Waals surface area contributed by atoms with E-state index in [0.717, 1.165) is 11.1 Å². The third kappa shape index (κ3) is 4.04. The third-order valence-electron chi connectivity index (χ3n) is 4.25. The smallest absolute Gasteiger partial charge is 0.169 e. The molecular weight excluding hydrogens is 316 g/mol. The van der Waals surface area contributed by atoms with Crippen LogP contribution in [0.2, 0.25) is 0 Å². The van der Waals surface area contributed by atoms with Crippen LogP contribution in [0.3, 0.4) is 0 Å². The molecule has 1 aliphatic rings. The van der Waals surface area contributed by atoms with Crippen molar-refractivity contribution < 1.29 is 19.8 Å². The number of carbonyl (C=O) groups is 2. The van der Waals surface area contributed by atoms with Gasteiger partial charge in [-0.25, -0.2) is 0 Å². The summed E-state index contributed by atoms with van der Waals surface area (Å²) in [4.78, 5) is 24.8. The van der Waals surface area contributed by atoms with Crippen molar-refractivity contribution in [3.63, 3.8) is 0 Å². The van der Waals surface area contributed by atoms with E-state index in [1.807, 2.05) is 0 Å². The molecule has 1 atom stereocenters. The van der Waals surface area contributed by atoms with Gasteiger partial charge in [0, 0.05) is 0 Å². The second-order valence-corrected chi connectivity index (χ2v) is 6.04. The predicted octanol–water partition coefficient (Wildman–Crippen LogP) is 3.74. The molecule has 3 rings (SSSR count). The molecule has 25 heavy (non-hydrogen) atoms. The summed E-state index contributed by atoms with van der Waals surface area (Å²) < 4.78 is 0. The Morgan fingerprint density at radius 2 is 1.48 bits per heavy atom. The molecule has 0 aromatic heterocycles. The fraction of sp³-hybridized carbons (Fsp3) is 0.143. The van der Waals surface area contributed by atoms with Crippen LogP contribution in [0.4, 0.5) is 0 Å². The lowest BCUT2D eigenvalue weighted by Crippen LogP contribution is -2.17. The van der Waals surface area contributed by atoms with E-state index in [2.05, 4.69) is 0 Å². The second kappa shape index (κ2) is 7.18. The Balaban J connectivity index is 1.69. The van der Waals surface area contributed by atoms with Gasteiger partial charge in [0.2, 0.25) is 0 Å². The first kappa shape index (κ1) is 16.7. The predicted molar refractivity (Wildman–Crippen MR) is 96.0 cm³/mol. The first-order valence-electron chi connectivity index (χ1n) is 8.08. The van der Waals surface area contributed by atoms with E-state index in [-0.39, 0.29) is 23.1 Å². The van der Waals surface area contributed by atoms with Gasteiger partial charge in [-0.3, -0.25) is 9.59 Å². The number of ketones is 2. The van der Waals surface area contributed by atoms with Gasteiger partial charge in [-0.1, -0.05) is 30.3 Å². The van der Waals surface area contributed by atoms with Gasteiger partial charge < -0.3 is 10.2 Å². The molecule has 0 spiro atoms. The number of rotatable bonds is 4. The van der Waals surface area contributed by atoms with Gasteiger partial charge >= 0.3 is 0 Å². The van der Waals surface area contributed by atoms with Crippen molar-refractivity contribution in [1.82, 2.24) is 0 Å².